The van der Waals surface area contributed by atoms with Crippen molar-refractivity contribution >= 4 is 11.6 Å². The van der Waals surface area contributed by atoms with E-state index in [2.05, 4.69) is 17.4 Å². The highest BCUT2D eigenvalue weighted by atomic mass is 16.1. The van der Waals surface area contributed by atoms with E-state index in [9.17, 15) is 4.79 Å². The van der Waals surface area contributed by atoms with Crippen LogP contribution in [0.4, 0.5) is 5.69 Å². The van der Waals surface area contributed by atoms with E-state index in [0.29, 0.717) is 5.56 Å². The minimum atomic E-state index is -0.116. The predicted octanol–water partition coefficient (Wildman–Crippen LogP) is 2.54. The molecule has 0 aromatic heterocycles. The first-order valence-corrected chi connectivity index (χ1v) is 4.60. The number of rotatable bonds is 2. The lowest BCUT2D eigenvalue weighted by Crippen LogP contribution is -2.11. The van der Waals surface area contributed by atoms with Crippen molar-refractivity contribution in [2.75, 3.05) is 5.32 Å². The zero-order valence-corrected chi connectivity index (χ0v) is 8.03. The minimum Gasteiger partial charge on any atom is -0.322 e. The number of carbonyl (C=O) groups excluding carboxylic acids is 1. The van der Waals surface area contributed by atoms with Gasteiger partial charge < -0.3 is 5.32 Å². The van der Waals surface area contributed by atoms with Crippen LogP contribution in [0.5, 0.6) is 0 Å². The largest absolute Gasteiger partial charge is 0.322 e. The van der Waals surface area contributed by atoms with Gasteiger partial charge in [-0.1, -0.05) is 24.3 Å². The van der Waals surface area contributed by atoms with Gasteiger partial charge in [0.2, 0.25) is 0 Å². The van der Waals surface area contributed by atoms with Crippen molar-refractivity contribution < 1.29 is 4.79 Å². The van der Waals surface area contributed by atoms with Crippen LogP contribution in [0.3, 0.4) is 0 Å². The summed E-state index contributed by atoms with van der Waals surface area (Å²) in [6, 6.07) is 19.8. The van der Waals surface area contributed by atoms with E-state index < -0.39 is 0 Å². The number of anilines is 1. The predicted molar refractivity (Wildman–Crippen MR) is 58.5 cm³/mol. The Balaban J connectivity index is 2.12. The van der Waals surface area contributed by atoms with E-state index in [-0.39, 0.29) is 5.91 Å². The van der Waals surface area contributed by atoms with Crippen LogP contribution >= 0.6 is 0 Å². The quantitative estimate of drug-likeness (QED) is 0.783. The summed E-state index contributed by atoms with van der Waals surface area (Å²) in [6.45, 7) is 0. The van der Waals surface area contributed by atoms with Gasteiger partial charge in [0.25, 0.3) is 5.91 Å². The zero-order valence-electron chi connectivity index (χ0n) is 8.03. The average Bonchev–Trinajstić information content (AvgIpc) is 2.31. The molecule has 0 aliphatic heterocycles. The summed E-state index contributed by atoms with van der Waals surface area (Å²) in [5.41, 5.74) is 1.40. The summed E-state index contributed by atoms with van der Waals surface area (Å²) in [6.07, 6.45) is 0. The maximum Gasteiger partial charge on any atom is 0.255 e. The molecule has 0 bridgehead atoms. The fourth-order valence-corrected chi connectivity index (χ4v) is 1.21. The summed E-state index contributed by atoms with van der Waals surface area (Å²) >= 11 is 0. The fourth-order valence-electron chi connectivity index (χ4n) is 1.21. The van der Waals surface area contributed by atoms with Crippen molar-refractivity contribution in [2.45, 2.75) is 0 Å². The Kier molecular flexibility index (Phi) is 2.79. The van der Waals surface area contributed by atoms with Crippen molar-refractivity contribution in [2.24, 2.45) is 0 Å². The molecule has 0 aliphatic rings. The molecule has 0 heterocycles. The van der Waals surface area contributed by atoms with Gasteiger partial charge in [-0.3, -0.25) is 4.79 Å². The molecule has 1 N–H and O–H groups in total. The van der Waals surface area contributed by atoms with Gasteiger partial charge in [0.05, 0.1) is 0 Å². The molecule has 0 saturated carbocycles. The first-order valence-electron chi connectivity index (χ1n) is 4.60. The summed E-state index contributed by atoms with van der Waals surface area (Å²) < 4.78 is 0. The molecule has 0 fully saturated rings. The highest BCUT2D eigenvalue weighted by Crippen LogP contribution is 2.07. The lowest BCUT2D eigenvalue weighted by molar-refractivity contribution is 0.102. The van der Waals surface area contributed by atoms with E-state index in [4.69, 9.17) is 0 Å². The third-order valence-corrected chi connectivity index (χ3v) is 1.96. The number of hydrogen-bond donors (Lipinski definition) is 1. The minimum absolute atomic E-state index is 0.116. The van der Waals surface area contributed by atoms with Gasteiger partial charge in [-0.25, -0.2) is 0 Å². The van der Waals surface area contributed by atoms with Gasteiger partial charge in [0.15, 0.2) is 0 Å². The summed E-state index contributed by atoms with van der Waals surface area (Å²) in [5.74, 6) is -0.116. The molecule has 0 saturated heterocycles. The van der Waals surface area contributed by atoms with Crippen molar-refractivity contribution in [3.63, 3.8) is 0 Å². The third-order valence-electron chi connectivity index (χ3n) is 1.96. The number of carbonyl (C=O) groups is 1. The van der Waals surface area contributed by atoms with E-state index in [1.165, 1.54) is 0 Å². The van der Waals surface area contributed by atoms with E-state index in [0.717, 1.165) is 5.69 Å². The smallest absolute Gasteiger partial charge is 0.255 e. The van der Waals surface area contributed by atoms with Crippen molar-refractivity contribution in [3.8, 4) is 0 Å². The maximum absolute atomic E-state index is 11.7. The highest BCUT2D eigenvalue weighted by Gasteiger charge is 2.03. The molecule has 2 nitrogen and oxygen atoms in total. The Morgan fingerprint density at radius 2 is 1.47 bits per heavy atom. The van der Waals surface area contributed by atoms with Crippen LogP contribution in [0, 0.1) is 12.1 Å². The van der Waals surface area contributed by atoms with E-state index in [1.54, 1.807) is 48.5 Å². The van der Waals surface area contributed by atoms with Crippen LogP contribution < -0.4 is 5.32 Å². The lowest BCUT2D eigenvalue weighted by Gasteiger charge is -2.03. The Hall–Kier alpha value is -2.09. The summed E-state index contributed by atoms with van der Waals surface area (Å²) in [7, 11) is 0. The number of amides is 1. The fraction of sp³-hybridized carbons (Fsp3) is 0. The molecule has 2 aromatic carbocycles. The molecule has 2 heteroatoms. The monoisotopic (exact) mass is 195 g/mol. The highest BCUT2D eigenvalue weighted by molar-refractivity contribution is 6.04. The standard InChI is InChI=1S/C13H9NO/c15-13(11-7-3-1-4-8-11)14-12-9-5-2-6-10-12/h3-10H,(H,14,15). The van der Waals surface area contributed by atoms with Gasteiger partial charge in [-0.2, -0.15) is 0 Å². The second-order valence-corrected chi connectivity index (χ2v) is 3.03. The van der Waals surface area contributed by atoms with E-state index >= 15 is 0 Å². The number of hydrogen-bond acceptors (Lipinski definition) is 1. The molecule has 2 aromatic rings. The number of nitrogens with one attached hydrogen (secondary N) is 1. The summed E-state index contributed by atoms with van der Waals surface area (Å²) in [4.78, 5) is 11.7. The SMILES string of the molecule is O=C(Nc1cc[c]cc1)c1cc[c]cc1. The molecule has 1 amide bonds. The normalized spacial score (nSPS) is 9.60. The van der Waals surface area contributed by atoms with Crippen molar-refractivity contribution in [3.05, 3.63) is 66.2 Å². The van der Waals surface area contributed by atoms with Crippen LogP contribution in [-0.4, -0.2) is 5.91 Å². The number of benzene rings is 2. The van der Waals surface area contributed by atoms with E-state index in [1.807, 2.05) is 0 Å². The second kappa shape index (κ2) is 4.42. The Labute approximate surface area is 88.6 Å². The van der Waals surface area contributed by atoms with Crippen LogP contribution in [0.1, 0.15) is 10.4 Å². The topological polar surface area (TPSA) is 29.1 Å². The first-order chi connectivity index (χ1) is 7.36. The molecule has 0 spiro atoms. The lowest BCUT2D eigenvalue weighted by atomic mass is 10.2. The van der Waals surface area contributed by atoms with Gasteiger partial charge in [0.1, 0.15) is 0 Å². The van der Waals surface area contributed by atoms with Crippen LogP contribution in [0.15, 0.2) is 48.5 Å². The molecule has 2 rings (SSSR count). The van der Waals surface area contributed by atoms with Crippen LogP contribution in [0.25, 0.3) is 0 Å². The maximum atomic E-state index is 11.7. The van der Waals surface area contributed by atoms with Gasteiger partial charge >= 0.3 is 0 Å². The third kappa shape index (κ3) is 2.44. The Bertz CT molecular complexity index is 437. The van der Waals surface area contributed by atoms with Crippen LogP contribution in [0.2, 0.25) is 0 Å². The van der Waals surface area contributed by atoms with Crippen molar-refractivity contribution in [1.82, 2.24) is 0 Å². The first kappa shape index (κ1) is 9.46. The molecule has 0 atom stereocenters. The molecule has 2 radical (unpaired) electrons. The molecular weight excluding hydrogens is 186 g/mol. The van der Waals surface area contributed by atoms with Gasteiger partial charge in [0, 0.05) is 11.3 Å². The summed E-state index contributed by atoms with van der Waals surface area (Å²) in [5, 5.41) is 2.79. The molecular formula is C13H9NO. The second-order valence-electron chi connectivity index (χ2n) is 3.03. The van der Waals surface area contributed by atoms with Crippen molar-refractivity contribution in [1.29, 1.82) is 0 Å². The molecule has 0 aliphatic carbocycles. The Morgan fingerprint density at radius 3 is 2.07 bits per heavy atom. The van der Waals surface area contributed by atoms with Gasteiger partial charge in [-0.05, 0) is 36.4 Å². The zero-order chi connectivity index (χ0) is 10.5. The average molecular weight is 195 g/mol. The molecule has 0 unspecified atom stereocenters. The Morgan fingerprint density at radius 1 is 0.933 bits per heavy atom. The van der Waals surface area contributed by atoms with Crippen LogP contribution in [-0.2, 0) is 0 Å². The van der Waals surface area contributed by atoms with Gasteiger partial charge in [-0.15, -0.1) is 0 Å². The molecule has 72 valence electrons. The molecule has 15 heavy (non-hydrogen) atoms.